The summed E-state index contributed by atoms with van der Waals surface area (Å²) in [7, 11) is 0. The van der Waals surface area contributed by atoms with Crippen molar-refractivity contribution in [1.29, 1.82) is 0 Å². The maximum atomic E-state index is 6.94. The van der Waals surface area contributed by atoms with Gasteiger partial charge in [0.1, 0.15) is 5.58 Å². The molecular weight excluding hydrogens is 619 g/mol. The average Bonchev–Trinajstić information content (AvgIpc) is 3.53. The molecule has 0 radical (unpaired) electrons. The molecule has 0 aliphatic carbocycles. The lowest BCUT2D eigenvalue weighted by Crippen LogP contribution is -2.62. The summed E-state index contributed by atoms with van der Waals surface area (Å²) in [6, 6.07) is 49.8. The molecule has 0 N–H and O–H groups in total. The molecule has 3 aliphatic heterocycles. The quantitative estimate of drug-likeness (QED) is 0.164. The van der Waals surface area contributed by atoms with Crippen molar-refractivity contribution in [2.75, 3.05) is 9.71 Å². The highest BCUT2D eigenvalue weighted by molar-refractivity contribution is 6.94. The number of benzene rings is 7. The fraction of sp³-hybridized carbons (Fsp3) is 0.149. The summed E-state index contributed by atoms with van der Waals surface area (Å²) in [6.07, 6.45) is 0. The number of para-hydroxylation sites is 3. The van der Waals surface area contributed by atoms with Crippen LogP contribution in [0.15, 0.2) is 138 Å². The Hall–Kier alpha value is -5.74. The van der Waals surface area contributed by atoms with Crippen molar-refractivity contribution in [3.8, 4) is 11.1 Å². The van der Waals surface area contributed by atoms with Crippen molar-refractivity contribution >= 4 is 78.9 Å². The number of hydrogen-bond donors (Lipinski definition) is 0. The lowest BCUT2D eigenvalue weighted by atomic mass is 9.42. The van der Waals surface area contributed by atoms with Crippen LogP contribution in [0.4, 0.5) is 28.4 Å². The Morgan fingerprint density at radius 3 is 2.18 bits per heavy atom. The third-order valence-electron chi connectivity index (χ3n) is 12.0. The van der Waals surface area contributed by atoms with Crippen LogP contribution in [0, 0.1) is 0 Å². The summed E-state index contributed by atoms with van der Waals surface area (Å²) >= 11 is 0. The molecule has 51 heavy (non-hydrogen) atoms. The minimum Gasteiger partial charge on any atom is -0.454 e. The monoisotopic (exact) mass is 656 g/mol. The Balaban J connectivity index is 1.34. The highest BCUT2D eigenvalue weighted by atomic mass is 16.3. The standard InChI is InChI=1S/C47H37BN2O/c1-46(2,3)29-21-23-30(24-22-29)50-43-34(26-25-33-32-15-8-11-20-40(32)51-45(33)43)41-31-14-7-6-13-28(31)27-39-42(41)48(50)37-18-12-17-36-44(37)49(39)38-19-10-9-16-35(38)47(36,4)5/h6-27H,1-5H3. The first-order valence-corrected chi connectivity index (χ1v) is 18.1. The van der Waals surface area contributed by atoms with Gasteiger partial charge in [-0.15, -0.1) is 0 Å². The minimum atomic E-state index is -0.173. The van der Waals surface area contributed by atoms with E-state index in [1.165, 1.54) is 66.6 Å². The topological polar surface area (TPSA) is 19.6 Å². The van der Waals surface area contributed by atoms with Crippen LogP contribution in [0.3, 0.4) is 0 Å². The summed E-state index contributed by atoms with van der Waals surface area (Å²) in [5, 5.41) is 4.80. The first kappa shape index (κ1) is 29.0. The Labute approximate surface area is 298 Å². The normalized spacial score (nSPS) is 15.2. The van der Waals surface area contributed by atoms with Gasteiger partial charge in [0.15, 0.2) is 5.58 Å². The Bertz CT molecular complexity index is 2780. The van der Waals surface area contributed by atoms with Crippen molar-refractivity contribution in [1.82, 2.24) is 0 Å². The summed E-state index contributed by atoms with van der Waals surface area (Å²) in [4.78, 5) is 5.19. The molecule has 0 amide bonds. The second-order valence-electron chi connectivity index (χ2n) is 16.1. The van der Waals surface area contributed by atoms with E-state index in [2.05, 4.69) is 178 Å². The van der Waals surface area contributed by atoms with Gasteiger partial charge in [0.2, 0.25) is 0 Å². The number of fused-ring (bicyclic) bond motifs is 12. The fourth-order valence-corrected chi connectivity index (χ4v) is 9.52. The summed E-state index contributed by atoms with van der Waals surface area (Å²) in [5.41, 5.74) is 17.0. The predicted molar refractivity (Wildman–Crippen MR) is 216 cm³/mol. The van der Waals surface area contributed by atoms with Crippen LogP contribution in [-0.4, -0.2) is 6.85 Å². The molecule has 4 heterocycles. The van der Waals surface area contributed by atoms with E-state index in [1.807, 2.05) is 0 Å². The second kappa shape index (κ2) is 9.73. The summed E-state index contributed by atoms with van der Waals surface area (Å²) in [6.45, 7) is 11.5. The molecule has 244 valence electrons. The predicted octanol–water partition coefficient (Wildman–Crippen LogP) is 11.4. The van der Waals surface area contributed by atoms with Crippen molar-refractivity contribution in [3.63, 3.8) is 0 Å². The van der Waals surface area contributed by atoms with E-state index in [4.69, 9.17) is 4.42 Å². The van der Waals surface area contributed by atoms with E-state index in [-0.39, 0.29) is 17.7 Å². The first-order chi connectivity index (χ1) is 24.7. The number of rotatable bonds is 1. The molecule has 0 unspecified atom stereocenters. The Kier molecular flexibility index (Phi) is 5.54. The molecular formula is C47H37BN2O. The van der Waals surface area contributed by atoms with Crippen LogP contribution in [-0.2, 0) is 10.8 Å². The molecule has 0 saturated heterocycles. The fourth-order valence-electron chi connectivity index (χ4n) is 9.52. The van der Waals surface area contributed by atoms with Gasteiger partial charge in [0.25, 0.3) is 0 Å². The summed E-state index contributed by atoms with van der Waals surface area (Å²) in [5.74, 6) is 0. The Morgan fingerprint density at radius 2 is 1.35 bits per heavy atom. The third-order valence-corrected chi connectivity index (χ3v) is 12.0. The number of anilines is 5. The zero-order valence-corrected chi connectivity index (χ0v) is 29.6. The number of hydrogen-bond acceptors (Lipinski definition) is 3. The van der Waals surface area contributed by atoms with Crippen molar-refractivity contribution in [2.45, 2.75) is 45.4 Å². The molecule has 0 atom stereocenters. The SMILES string of the molecule is CC(C)(C)c1ccc(N2B3c4cccc5c4N(c4ccccc4C5(C)C)c4cc5ccccc5c(c43)-c3ccc4c(oc5ccccc54)c32)cc1. The van der Waals surface area contributed by atoms with Crippen LogP contribution in [0.2, 0.25) is 0 Å². The highest BCUT2D eigenvalue weighted by Crippen LogP contribution is 2.56. The average molecular weight is 657 g/mol. The minimum absolute atomic E-state index is 0.0475. The van der Waals surface area contributed by atoms with E-state index in [0.29, 0.717) is 0 Å². The van der Waals surface area contributed by atoms with Gasteiger partial charge in [0, 0.05) is 38.8 Å². The molecule has 3 aliphatic rings. The van der Waals surface area contributed by atoms with Crippen molar-refractivity contribution in [2.24, 2.45) is 0 Å². The van der Waals surface area contributed by atoms with Gasteiger partial charge in [0.05, 0.1) is 11.4 Å². The molecule has 0 fully saturated rings. The van der Waals surface area contributed by atoms with Crippen LogP contribution in [0.25, 0.3) is 43.8 Å². The summed E-state index contributed by atoms with van der Waals surface area (Å²) < 4.78 is 6.94. The lowest BCUT2D eigenvalue weighted by molar-refractivity contribution is 0.590. The van der Waals surface area contributed by atoms with Gasteiger partial charge in [-0.05, 0) is 85.8 Å². The van der Waals surface area contributed by atoms with Crippen LogP contribution < -0.4 is 20.6 Å². The number of nitrogens with zero attached hydrogens (tertiary/aromatic N) is 2. The molecule has 8 aromatic rings. The zero-order valence-electron chi connectivity index (χ0n) is 29.6. The van der Waals surface area contributed by atoms with Gasteiger partial charge in [-0.2, -0.15) is 0 Å². The molecule has 0 spiro atoms. The van der Waals surface area contributed by atoms with Gasteiger partial charge in [-0.25, -0.2) is 0 Å². The van der Waals surface area contributed by atoms with E-state index < -0.39 is 0 Å². The Morgan fingerprint density at radius 1 is 0.627 bits per heavy atom. The van der Waals surface area contributed by atoms with Crippen LogP contribution in [0.5, 0.6) is 0 Å². The number of furan rings is 1. The largest absolute Gasteiger partial charge is 0.454 e. The van der Waals surface area contributed by atoms with Gasteiger partial charge in [-0.3, -0.25) is 0 Å². The zero-order chi connectivity index (χ0) is 34.4. The van der Waals surface area contributed by atoms with E-state index in [0.717, 1.165) is 33.3 Å². The highest BCUT2D eigenvalue weighted by Gasteiger charge is 2.50. The second-order valence-corrected chi connectivity index (χ2v) is 16.1. The maximum Gasteiger partial charge on any atom is 0.333 e. The van der Waals surface area contributed by atoms with Crippen molar-refractivity contribution in [3.05, 3.63) is 150 Å². The maximum absolute atomic E-state index is 6.94. The van der Waals surface area contributed by atoms with Gasteiger partial charge < -0.3 is 14.1 Å². The molecule has 1 aromatic heterocycles. The lowest BCUT2D eigenvalue weighted by Gasteiger charge is -2.50. The van der Waals surface area contributed by atoms with E-state index >= 15 is 0 Å². The molecule has 7 aromatic carbocycles. The van der Waals surface area contributed by atoms with Crippen molar-refractivity contribution < 1.29 is 4.42 Å². The van der Waals surface area contributed by atoms with Crippen LogP contribution >= 0.6 is 0 Å². The first-order valence-electron chi connectivity index (χ1n) is 18.1. The van der Waals surface area contributed by atoms with Crippen LogP contribution in [0.1, 0.15) is 51.3 Å². The molecule has 4 heteroatoms. The smallest absolute Gasteiger partial charge is 0.333 e. The van der Waals surface area contributed by atoms with E-state index in [9.17, 15) is 0 Å². The molecule has 0 bridgehead atoms. The van der Waals surface area contributed by atoms with E-state index in [1.54, 1.807) is 0 Å². The third kappa shape index (κ3) is 3.70. The molecule has 0 saturated carbocycles. The van der Waals surface area contributed by atoms with Gasteiger partial charge in [-0.1, -0.05) is 132 Å². The molecule has 3 nitrogen and oxygen atoms in total. The molecule has 11 rings (SSSR count). The van der Waals surface area contributed by atoms with Gasteiger partial charge >= 0.3 is 6.85 Å².